The molecule has 11 aromatic carbocycles. The molecule has 0 fully saturated rings. The van der Waals surface area contributed by atoms with Gasteiger partial charge in [0.15, 0.2) is 0 Å². The van der Waals surface area contributed by atoms with E-state index in [1.54, 1.807) is 0 Å². The Morgan fingerprint density at radius 3 is 0.900 bits per heavy atom. The van der Waals surface area contributed by atoms with Crippen molar-refractivity contribution in [1.82, 2.24) is 18.3 Å². The summed E-state index contributed by atoms with van der Waals surface area (Å²) in [4.78, 5) is 0. The van der Waals surface area contributed by atoms with E-state index in [1.165, 1.54) is 92.2 Å². The third-order valence-corrected chi connectivity index (χ3v) is 15.1. The number of rotatable bonds is 6. The highest BCUT2D eigenvalue weighted by Crippen LogP contribution is 2.50. The van der Waals surface area contributed by atoms with Crippen LogP contribution in [0.2, 0.25) is 0 Å². The maximum Gasteiger partial charge on any atom is 0.0626 e. The molecule has 4 aromatic heterocycles. The lowest BCUT2D eigenvalue weighted by atomic mass is 9.87. The highest BCUT2D eigenvalue weighted by molar-refractivity contribution is 6.41. The lowest BCUT2D eigenvalue weighted by Crippen LogP contribution is -2.00. The predicted octanol–water partition coefficient (Wildman–Crippen LogP) is 17.7. The summed E-state index contributed by atoms with van der Waals surface area (Å²) in [6.07, 6.45) is 4.10. The monoisotopic (exact) mass is 890 g/mol. The Morgan fingerprint density at radius 2 is 0.514 bits per heavy atom. The quantitative estimate of drug-likeness (QED) is 0.148. The first-order valence-corrected chi connectivity index (χ1v) is 24.0. The lowest BCUT2D eigenvalue weighted by Gasteiger charge is -2.18. The van der Waals surface area contributed by atoms with Crippen molar-refractivity contribution in [2.24, 2.45) is 0 Å². The van der Waals surface area contributed by atoms with Crippen LogP contribution >= 0.6 is 0 Å². The molecule has 0 aliphatic rings. The molecule has 0 atom stereocenters. The first kappa shape index (κ1) is 38.7. The molecular formula is C66H42N4. The second-order valence-corrected chi connectivity index (χ2v) is 18.5. The van der Waals surface area contributed by atoms with E-state index in [2.05, 4.69) is 256 Å². The third kappa shape index (κ3) is 5.09. The normalized spacial score (nSPS) is 12.1. The SMILES string of the molecule is C=Cc1c(C=C)c2c(c3ccccc3n2-c2ccc(-n3c4ccccc4c4ccccc43)cc2)c2c1c1ccccc1c1c2c2ccccc2n1-c1ccc(-n2c3ccccc3c3ccccc32)cc1. The summed E-state index contributed by atoms with van der Waals surface area (Å²) in [5.41, 5.74) is 16.0. The minimum Gasteiger partial charge on any atom is -0.309 e. The van der Waals surface area contributed by atoms with E-state index in [0.29, 0.717) is 0 Å². The Bertz CT molecular complexity index is 4620. The highest BCUT2D eigenvalue weighted by Gasteiger charge is 2.27. The van der Waals surface area contributed by atoms with Gasteiger partial charge in [-0.05, 0) is 101 Å². The molecule has 15 aromatic rings. The van der Waals surface area contributed by atoms with Gasteiger partial charge in [0.05, 0.1) is 44.1 Å². The number of fused-ring (bicyclic) bond motifs is 18. The molecule has 4 heteroatoms. The zero-order valence-corrected chi connectivity index (χ0v) is 38.1. The molecule has 4 heterocycles. The molecule has 326 valence electrons. The minimum atomic E-state index is 1.06. The van der Waals surface area contributed by atoms with Gasteiger partial charge in [-0.1, -0.05) is 159 Å². The molecule has 0 saturated carbocycles. The summed E-state index contributed by atoms with van der Waals surface area (Å²) < 4.78 is 9.73. The Hall–Kier alpha value is -9.38. The fourth-order valence-electron chi connectivity index (χ4n) is 12.3. The van der Waals surface area contributed by atoms with Crippen LogP contribution in [0.25, 0.3) is 144 Å². The highest BCUT2D eigenvalue weighted by atomic mass is 15.0. The van der Waals surface area contributed by atoms with Crippen molar-refractivity contribution in [1.29, 1.82) is 0 Å². The zero-order chi connectivity index (χ0) is 46.2. The van der Waals surface area contributed by atoms with Crippen molar-refractivity contribution in [3.63, 3.8) is 0 Å². The molecule has 0 unspecified atom stereocenters. The number of hydrogen-bond acceptors (Lipinski definition) is 0. The second-order valence-electron chi connectivity index (χ2n) is 18.5. The van der Waals surface area contributed by atoms with Crippen LogP contribution in [0.15, 0.2) is 232 Å². The molecule has 0 spiro atoms. The van der Waals surface area contributed by atoms with E-state index in [1.807, 2.05) is 6.08 Å². The summed E-state index contributed by atoms with van der Waals surface area (Å²) in [5, 5.41) is 14.6. The van der Waals surface area contributed by atoms with E-state index < -0.39 is 0 Å². The van der Waals surface area contributed by atoms with E-state index in [0.717, 1.165) is 50.4 Å². The van der Waals surface area contributed by atoms with Crippen LogP contribution in [0.5, 0.6) is 0 Å². The van der Waals surface area contributed by atoms with Crippen molar-refractivity contribution < 1.29 is 0 Å². The minimum absolute atomic E-state index is 1.06. The van der Waals surface area contributed by atoms with Gasteiger partial charge in [-0.25, -0.2) is 0 Å². The van der Waals surface area contributed by atoms with Crippen molar-refractivity contribution in [3.8, 4) is 22.7 Å². The topological polar surface area (TPSA) is 19.7 Å². The predicted molar refractivity (Wildman–Crippen MR) is 299 cm³/mol. The first-order chi connectivity index (χ1) is 34.7. The van der Waals surface area contributed by atoms with Crippen LogP contribution in [0.4, 0.5) is 0 Å². The number of benzene rings is 11. The summed E-state index contributed by atoms with van der Waals surface area (Å²) in [6, 6.07) is 79.9. The maximum absolute atomic E-state index is 4.54. The Morgan fingerprint density at radius 1 is 0.229 bits per heavy atom. The molecule has 15 rings (SSSR count). The first-order valence-electron chi connectivity index (χ1n) is 24.0. The molecule has 0 amide bonds. The molecule has 0 bridgehead atoms. The van der Waals surface area contributed by atoms with Gasteiger partial charge >= 0.3 is 0 Å². The van der Waals surface area contributed by atoms with Crippen molar-refractivity contribution in [3.05, 3.63) is 243 Å². The molecule has 70 heavy (non-hydrogen) atoms. The van der Waals surface area contributed by atoms with Crippen LogP contribution in [-0.4, -0.2) is 18.3 Å². The van der Waals surface area contributed by atoms with Gasteiger partial charge in [0.1, 0.15) is 0 Å². The standard InChI is InChI=1S/C66H42N4/c1-3-45-46(4-2)65-62(53-25-11-17-31-59(53)69(65)43-37-33-41(34-38-43)67-55-27-13-7-19-47(55)48-20-8-14-28-56(48)67)64-61(45)51-23-5-6-24-52(51)66-63(64)54-26-12-18-32-60(54)70(66)44-39-35-42(36-40-44)68-57-29-15-9-21-49(57)50-22-10-16-30-58(50)68/h3-40H,1-2H2. The average Bonchev–Trinajstić information content (AvgIpc) is 4.16. The summed E-state index contributed by atoms with van der Waals surface area (Å²) in [5.74, 6) is 0. The van der Waals surface area contributed by atoms with Crippen LogP contribution < -0.4 is 0 Å². The molecule has 0 saturated heterocycles. The number of aromatic nitrogens is 4. The van der Waals surface area contributed by atoms with Crippen molar-refractivity contribution in [2.75, 3.05) is 0 Å². The van der Waals surface area contributed by atoms with Gasteiger partial charge in [0.2, 0.25) is 0 Å². The summed E-state index contributed by atoms with van der Waals surface area (Å²) >= 11 is 0. The molecular weight excluding hydrogens is 849 g/mol. The van der Waals surface area contributed by atoms with Crippen molar-refractivity contribution >= 4 is 121 Å². The third-order valence-electron chi connectivity index (χ3n) is 15.1. The maximum atomic E-state index is 4.54. The molecule has 0 radical (unpaired) electrons. The van der Waals surface area contributed by atoms with Gasteiger partial charge < -0.3 is 18.3 Å². The fraction of sp³-hybridized carbons (Fsp3) is 0. The van der Waals surface area contributed by atoms with Gasteiger partial charge in [0, 0.05) is 82.2 Å². The van der Waals surface area contributed by atoms with Crippen LogP contribution in [0, 0.1) is 0 Å². The van der Waals surface area contributed by atoms with E-state index in [-0.39, 0.29) is 0 Å². The van der Waals surface area contributed by atoms with E-state index in [4.69, 9.17) is 0 Å². The van der Waals surface area contributed by atoms with Gasteiger partial charge in [0.25, 0.3) is 0 Å². The van der Waals surface area contributed by atoms with E-state index >= 15 is 0 Å². The Labute approximate surface area is 402 Å². The fourth-order valence-corrected chi connectivity index (χ4v) is 12.3. The smallest absolute Gasteiger partial charge is 0.0626 e. The Balaban J connectivity index is 1.03. The Kier molecular flexibility index (Phi) is 8.05. The van der Waals surface area contributed by atoms with Crippen LogP contribution in [0.1, 0.15) is 11.1 Å². The lowest BCUT2D eigenvalue weighted by molar-refractivity contribution is 1.14. The summed E-state index contributed by atoms with van der Waals surface area (Å²) in [7, 11) is 0. The largest absolute Gasteiger partial charge is 0.309 e. The molecule has 0 aliphatic carbocycles. The van der Waals surface area contributed by atoms with Crippen molar-refractivity contribution in [2.45, 2.75) is 0 Å². The average molecular weight is 891 g/mol. The van der Waals surface area contributed by atoms with Gasteiger partial charge in [-0.3, -0.25) is 0 Å². The second kappa shape index (κ2) is 14.6. The zero-order valence-electron chi connectivity index (χ0n) is 38.1. The van der Waals surface area contributed by atoms with Gasteiger partial charge in [-0.2, -0.15) is 0 Å². The van der Waals surface area contributed by atoms with Crippen LogP contribution in [0.3, 0.4) is 0 Å². The number of nitrogens with zero attached hydrogens (tertiary/aromatic N) is 4. The van der Waals surface area contributed by atoms with Crippen LogP contribution in [-0.2, 0) is 0 Å². The van der Waals surface area contributed by atoms with E-state index in [9.17, 15) is 0 Å². The van der Waals surface area contributed by atoms with Gasteiger partial charge in [-0.15, -0.1) is 0 Å². The molecule has 4 nitrogen and oxygen atoms in total. The number of hydrogen-bond donors (Lipinski definition) is 0. The number of para-hydroxylation sites is 6. The molecule has 0 aliphatic heterocycles. The summed E-state index contributed by atoms with van der Waals surface area (Å²) in [6.45, 7) is 9.08. The molecule has 0 N–H and O–H groups in total.